The topological polar surface area (TPSA) is 81.1 Å². The first kappa shape index (κ1) is 11.1. The van der Waals surface area contributed by atoms with Gasteiger partial charge in [0.2, 0.25) is 0 Å². The number of aliphatic hydroxyl groups excluding tert-OH is 1. The first-order valence-electron chi connectivity index (χ1n) is 5.34. The van der Waals surface area contributed by atoms with Crippen molar-refractivity contribution in [2.24, 2.45) is 10.8 Å². The highest BCUT2D eigenvalue weighted by molar-refractivity contribution is 5.23. The first-order chi connectivity index (χ1) is 7.40. The summed E-state index contributed by atoms with van der Waals surface area (Å²) in [6, 6.07) is 1.61. The molecule has 16 heavy (non-hydrogen) atoms. The minimum Gasteiger partial charge on any atom is -0.396 e. The Hall–Kier alpha value is -1.36. The van der Waals surface area contributed by atoms with E-state index in [9.17, 15) is 9.90 Å². The van der Waals surface area contributed by atoms with Crippen molar-refractivity contribution in [3.8, 4) is 0 Å². The normalized spacial score (nSPS) is 32.7. The molecule has 1 aromatic rings. The highest BCUT2D eigenvalue weighted by atomic mass is 16.3. The minimum absolute atomic E-state index is 0.0244. The van der Waals surface area contributed by atoms with E-state index in [1.165, 1.54) is 0 Å². The molecule has 1 aromatic heterocycles. The summed E-state index contributed by atoms with van der Waals surface area (Å²) in [6.45, 7) is 4.84. The van der Waals surface area contributed by atoms with Gasteiger partial charge in [-0.15, -0.1) is 0 Å². The molecule has 0 spiro atoms. The predicted octanol–water partition coefficient (Wildman–Crippen LogP) is 0.234. The molecule has 5 heteroatoms. The zero-order valence-corrected chi connectivity index (χ0v) is 9.60. The lowest BCUT2D eigenvalue weighted by atomic mass is 9.97. The Morgan fingerprint density at radius 2 is 2.25 bits per heavy atom. The Kier molecular flexibility index (Phi) is 2.31. The van der Waals surface area contributed by atoms with Crippen LogP contribution >= 0.6 is 0 Å². The Morgan fingerprint density at radius 1 is 1.56 bits per heavy atom. The third-order valence-electron chi connectivity index (χ3n) is 3.88. The Morgan fingerprint density at radius 3 is 2.75 bits per heavy atom. The van der Waals surface area contributed by atoms with Crippen molar-refractivity contribution in [2.45, 2.75) is 26.8 Å². The smallest absolute Gasteiger partial charge is 0.349 e. The number of aromatic nitrogens is 2. The summed E-state index contributed by atoms with van der Waals surface area (Å²) in [4.78, 5) is 15.2. The van der Waals surface area contributed by atoms with Gasteiger partial charge in [0.25, 0.3) is 0 Å². The fourth-order valence-corrected chi connectivity index (χ4v) is 2.25. The zero-order valence-electron chi connectivity index (χ0n) is 9.60. The molecule has 2 rings (SSSR count). The molecule has 2 atom stereocenters. The lowest BCUT2D eigenvalue weighted by molar-refractivity contribution is 0.180. The van der Waals surface area contributed by atoms with Gasteiger partial charge in [-0.1, -0.05) is 13.8 Å². The van der Waals surface area contributed by atoms with E-state index in [0.717, 1.165) is 6.42 Å². The lowest BCUT2D eigenvalue weighted by Crippen LogP contribution is -2.28. The van der Waals surface area contributed by atoms with E-state index in [2.05, 4.69) is 11.9 Å². The molecule has 0 aliphatic heterocycles. The van der Waals surface area contributed by atoms with Gasteiger partial charge < -0.3 is 10.8 Å². The molecule has 2 unspecified atom stereocenters. The van der Waals surface area contributed by atoms with Gasteiger partial charge in [0.15, 0.2) is 0 Å². The average molecular weight is 223 g/mol. The van der Waals surface area contributed by atoms with Crippen LogP contribution in [-0.2, 0) is 6.54 Å². The molecule has 0 amide bonds. The Bertz CT molecular complexity index is 471. The van der Waals surface area contributed by atoms with Gasteiger partial charge in [0, 0.05) is 19.3 Å². The molecule has 0 aromatic carbocycles. The van der Waals surface area contributed by atoms with Crippen LogP contribution in [0.2, 0.25) is 0 Å². The Labute approximate surface area is 93.9 Å². The zero-order chi connectivity index (χ0) is 12.0. The first-order valence-corrected chi connectivity index (χ1v) is 5.34. The molecule has 1 heterocycles. The van der Waals surface area contributed by atoms with Gasteiger partial charge in [-0.25, -0.2) is 4.79 Å². The van der Waals surface area contributed by atoms with Gasteiger partial charge in [0.05, 0.1) is 0 Å². The van der Waals surface area contributed by atoms with Crippen LogP contribution < -0.4 is 11.4 Å². The van der Waals surface area contributed by atoms with E-state index in [4.69, 9.17) is 5.73 Å². The van der Waals surface area contributed by atoms with E-state index >= 15 is 0 Å². The van der Waals surface area contributed by atoms with Crippen LogP contribution in [0.15, 0.2) is 17.1 Å². The largest absolute Gasteiger partial charge is 0.396 e. The number of nitrogens with zero attached hydrogens (tertiary/aromatic N) is 2. The number of hydrogen-bond acceptors (Lipinski definition) is 4. The molecule has 0 bridgehead atoms. The fourth-order valence-electron chi connectivity index (χ4n) is 2.25. The number of anilines is 1. The molecule has 5 nitrogen and oxygen atoms in total. The summed E-state index contributed by atoms with van der Waals surface area (Å²) in [6.07, 6.45) is 2.58. The Balaban J connectivity index is 2.21. The third kappa shape index (κ3) is 1.61. The summed E-state index contributed by atoms with van der Waals surface area (Å²) in [7, 11) is 0. The van der Waals surface area contributed by atoms with Crippen LogP contribution in [-0.4, -0.2) is 21.3 Å². The van der Waals surface area contributed by atoms with Gasteiger partial charge in [-0.2, -0.15) is 4.98 Å². The highest BCUT2D eigenvalue weighted by Gasteiger charge is 2.60. The molecule has 1 fully saturated rings. The summed E-state index contributed by atoms with van der Waals surface area (Å²) in [5, 5.41) is 9.27. The second-order valence-corrected chi connectivity index (χ2v) is 5.22. The van der Waals surface area contributed by atoms with Gasteiger partial charge in [0.1, 0.15) is 5.82 Å². The van der Waals surface area contributed by atoms with Crippen molar-refractivity contribution < 1.29 is 5.11 Å². The molecular formula is C11H17N3O2. The number of aliphatic hydroxyl groups is 1. The van der Waals surface area contributed by atoms with Crippen molar-refractivity contribution >= 4 is 5.82 Å². The SMILES string of the molecule is CC1(CO)CC1(C)Cn1ccc(N)nc1=O. The second-order valence-electron chi connectivity index (χ2n) is 5.22. The van der Waals surface area contributed by atoms with Gasteiger partial charge in [-0.05, 0) is 23.3 Å². The standard InChI is InChI=1S/C11H17N3O2/c1-10(5-11(10,2)7-15)6-14-4-3-8(12)13-9(14)16/h3-4,15H,5-7H2,1-2H3,(H2,12,13,16). The van der Waals surface area contributed by atoms with Crippen LogP contribution in [0.1, 0.15) is 20.3 Å². The summed E-state index contributed by atoms with van der Waals surface area (Å²) in [5.74, 6) is 0.243. The van der Waals surface area contributed by atoms with Crippen LogP contribution in [0.4, 0.5) is 5.82 Å². The second kappa shape index (κ2) is 3.31. The van der Waals surface area contributed by atoms with Crippen LogP contribution in [0.3, 0.4) is 0 Å². The highest BCUT2D eigenvalue weighted by Crippen LogP contribution is 2.63. The number of nitrogen functional groups attached to an aromatic ring is 1. The number of nitrogens with two attached hydrogens (primary N) is 1. The van der Waals surface area contributed by atoms with E-state index in [0.29, 0.717) is 6.54 Å². The molecule has 1 aliphatic rings. The van der Waals surface area contributed by atoms with Crippen molar-refractivity contribution in [3.63, 3.8) is 0 Å². The van der Waals surface area contributed by atoms with Crippen molar-refractivity contribution in [1.82, 2.24) is 9.55 Å². The van der Waals surface area contributed by atoms with E-state index in [-0.39, 0.29) is 28.9 Å². The van der Waals surface area contributed by atoms with Gasteiger partial charge >= 0.3 is 5.69 Å². The fraction of sp³-hybridized carbons (Fsp3) is 0.636. The van der Waals surface area contributed by atoms with Crippen LogP contribution in [0, 0.1) is 10.8 Å². The number of hydrogen-bond donors (Lipinski definition) is 2. The lowest BCUT2D eigenvalue weighted by Gasteiger charge is -2.17. The monoisotopic (exact) mass is 223 g/mol. The van der Waals surface area contributed by atoms with Crippen molar-refractivity contribution in [3.05, 3.63) is 22.7 Å². The summed E-state index contributed by atoms with van der Waals surface area (Å²) in [5.41, 5.74) is 5.00. The minimum atomic E-state index is -0.326. The summed E-state index contributed by atoms with van der Waals surface area (Å²) < 4.78 is 1.55. The van der Waals surface area contributed by atoms with E-state index < -0.39 is 0 Å². The molecule has 0 saturated heterocycles. The van der Waals surface area contributed by atoms with E-state index in [1.54, 1.807) is 16.8 Å². The maximum atomic E-state index is 11.6. The van der Waals surface area contributed by atoms with E-state index in [1.807, 2.05) is 6.92 Å². The molecule has 0 radical (unpaired) electrons. The molecule has 88 valence electrons. The molecule has 1 aliphatic carbocycles. The summed E-state index contributed by atoms with van der Waals surface area (Å²) >= 11 is 0. The van der Waals surface area contributed by atoms with Crippen molar-refractivity contribution in [1.29, 1.82) is 0 Å². The third-order valence-corrected chi connectivity index (χ3v) is 3.88. The van der Waals surface area contributed by atoms with Crippen molar-refractivity contribution in [2.75, 3.05) is 12.3 Å². The molecule has 1 saturated carbocycles. The molecule has 3 N–H and O–H groups in total. The average Bonchev–Trinajstić information content (AvgIpc) is 2.75. The number of rotatable bonds is 3. The quantitative estimate of drug-likeness (QED) is 0.768. The van der Waals surface area contributed by atoms with Gasteiger partial charge in [-0.3, -0.25) is 4.57 Å². The predicted molar refractivity (Wildman–Crippen MR) is 60.8 cm³/mol. The van der Waals surface area contributed by atoms with Crippen LogP contribution in [0.25, 0.3) is 0 Å². The maximum Gasteiger partial charge on any atom is 0.349 e. The van der Waals surface area contributed by atoms with Crippen LogP contribution in [0.5, 0.6) is 0 Å². The molecular weight excluding hydrogens is 206 g/mol. The maximum absolute atomic E-state index is 11.6.